The van der Waals surface area contributed by atoms with Crippen LogP contribution in [0.2, 0.25) is 0 Å². The topological polar surface area (TPSA) is 55.0 Å². The molecule has 1 aliphatic carbocycles. The van der Waals surface area contributed by atoms with Crippen molar-refractivity contribution in [2.75, 3.05) is 11.9 Å². The van der Waals surface area contributed by atoms with Crippen LogP contribution in [0.3, 0.4) is 0 Å². The largest absolute Gasteiger partial charge is 0.389 e. The molecular formula is C16H26N4S. The number of aryl methyl sites for hydroxylation is 1. The molecule has 1 aromatic rings. The van der Waals surface area contributed by atoms with E-state index in [1.807, 2.05) is 0 Å². The number of aromatic nitrogens is 2. The summed E-state index contributed by atoms with van der Waals surface area (Å²) in [5.74, 6) is 0.864. The van der Waals surface area contributed by atoms with Crippen LogP contribution in [-0.4, -0.2) is 28.3 Å². The van der Waals surface area contributed by atoms with Gasteiger partial charge in [-0.2, -0.15) is 5.10 Å². The maximum atomic E-state index is 6.02. The Morgan fingerprint density at radius 1 is 1.19 bits per heavy atom. The summed E-state index contributed by atoms with van der Waals surface area (Å²) in [7, 11) is 2.10. The van der Waals surface area contributed by atoms with Crippen LogP contribution in [0.1, 0.15) is 62.8 Å². The first-order chi connectivity index (χ1) is 10.1. The Morgan fingerprint density at radius 2 is 1.86 bits per heavy atom. The summed E-state index contributed by atoms with van der Waals surface area (Å²) < 4.78 is 0. The Labute approximate surface area is 133 Å². The second-order valence-electron chi connectivity index (χ2n) is 5.80. The Kier molecular flexibility index (Phi) is 5.51. The minimum absolute atomic E-state index is 0.439. The number of rotatable bonds is 5. The van der Waals surface area contributed by atoms with Crippen molar-refractivity contribution in [3.63, 3.8) is 0 Å². The molecule has 1 aliphatic rings. The van der Waals surface area contributed by atoms with Crippen LogP contribution in [0.25, 0.3) is 0 Å². The lowest BCUT2D eigenvalue weighted by molar-refractivity contribution is 0.425. The summed E-state index contributed by atoms with van der Waals surface area (Å²) in [5.41, 5.74) is 9.14. The van der Waals surface area contributed by atoms with Crippen molar-refractivity contribution in [3.05, 3.63) is 16.8 Å². The molecule has 5 heteroatoms. The molecule has 0 radical (unpaired) electrons. The zero-order chi connectivity index (χ0) is 15.4. The van der Waals surface area contributed by atoms with E-state index < -0.39 is 0 Å². The van der Waals surface area contributed by atoms with Crippen LogP contribution in [0.5, 0.6) is 0 Å². The van der Waals surface area contributed by atoms with Gasteiger partial charge in [0.1, 0.15) is 4.99 Å². The standard InChI is InChI=1S/C16H26N4S/c1-4-12-13(5-2)18-19-16(14(12)15(17)21)20(3)11-9-7-6-8-10-11/h11H,4-10H2,1-3H3,(H2,17,21). The third-order valence-electron chi connectivity index (χ3n) is 4.53. The van der Waals surface area contributed by atoms with E-state index in [0.717, 1.165) is 35.5 Å². The monoisotopic (exact) mass is 306 g/mol. The third-order valence-corrected chi connectivity index (χ3v) is 4.73. The van der Waals surface area contributed by atoms with Crippen LogP contribution in [0.15, 0.2) is 0 Å². The smallest absolute Gasteiger partial charge is 0.161 e. The van der Waals surface area contributed by atoms with Crippen molar-refractivity contribution >= 4 is 23.0 Å². The van der Waals surface area contributed by atoms with E-state index in [9.17, 15) is 0 Å². The van der Waals surface area contributed by atoms with Crippen LogP contribution < -0.4 is 10.6 Å². The van der Waals surface area contributed by atoms with Gasteiger partial charge < -0.3 is 10.6 Å². The lowest BCUT2D eigenvalue weighted by atomic mass is 9.94. The van der Waals surface area contributed by atoms with E-state index in [4.69, 9.17) is 18.0 Å². The van der Waals surface area contributed by atoms with Crippen LogP contribution in [-0.2, 0) is 12.8 Å². The molecule has 0 bridgehead atoms. The molecule has 0 atom stereocenters. The Balaban J connectivity index is 2.44. The van der Waals surface area contributed by atoms with Crippen LogP contribution in [0, 0.1) is 0 Å². The molecule has 21 heavy (non-hydrogen) atoms. The normalized spacial score (nSPS) is 16.0. The van der Waals surface area contributed by atoms with Gasteiger partial charge >= 0.3 is 0 Å². The molecule has 0 unspecified atom stereocenters. The first kappa shape index (κ1) is 16.1. The number of nitrogens with two attached hydrogens (primary N) is 1. The minimum atomic E-state index is 0.439. The van der Waals surface area contributed by atoms with E-state index in [-0.39, 0.29) is 0 Å². The molecule has 0 amide bonds. The fraction of sp³-hybridized carbons (Fsp3) is 0.688. The Bertz CT molecular complexity index is 509. The fourth-order valence-electron chi connectivity index (χ4n) is 3.31. The highest BCUT2D eigenvalue weighted by Gasteiger charge is 2.25. The summed E-state index contributed by atoms with van der Waals surface area (Å²) in [6.07, 6.45) is 8.10. The van der Waals surface area contributed by atoms with Gasteiger partial charge in [-0.05, 0) is 31.2 Å². The van der Waals surface area contributed by atoms with Gasteiger partial charge in [-0.1, -0.05) is 45.3 Å². The average Bonchev–Trinajstić information content (AvgIpc) is 2.53. The maximum absolute atomic E-state index is 6.02. The predicted octanol–water partition coefficient (Wildman–Crippen LogP) is 3.00. The first-order valence-electron chi connectivity index (χ1n) is 8.01. The molecule has 4 nitrogen and oxygen atoms in total. The summed E-state index contributed by atoms with van der Waals surface area (Å²) in [6, 6.07) is 0.526. The molecule has 1 fully saturated rings. The van der Waals surface area contributed by atoms with Gasteiger partial charge in [0.05, 0.1) is 11.3 Å². The molecular weight excluding hydrogens is 280 g/mol. The van der Waals surface area contributed by atoms with Gasteiger partial charge in [-0.3, -0.25) is 0 Å². The van der Waals surface area contributed by atoms with E-state index in [1.165, 1.54) is 32.1 Å². The van der Waals surface area contributed by atoms with Gasteiger partial charge in [-0.25, -0.2) is 0 Å². The summed E-state index contributed by atoms with van der Waals surface area (Å²) in [6.45, 7) is 4.22. The fourth-order valence-corrected chi connectivity index (χ4v) is 3.52. The minimum Gasteiger partial charge on any atom is -0.389 e. The van der Waals surface area contributed by atoms with Crippen molar-refractivity contribution < 1.29 is 0 Å². The lowest BCUT2D eigenvalue weighted by Gasteiger charge is -2.33. The summed E-state index contributed by atoms with van der Waals surface area (Å²) >= 11 is 5.31. The van der Waals surface area contributed by atoms with Crippen molar-refractivity contribution in [1.82, 2.24) is 10.2 Å². The van der Waals surface area contributed by atoms with Crippen LogP contribution >= 0.6 is 12.2 Å². The molecule has 1 aromatic heterocycles. The molecule has 1 saturated carbocycles. The van der Waals surface area contributed by atoms with Gasteiger partial charge in [0.15, 0.2) is 5.82 Å². The van der Waals surface area contributed by atoms with Gasteiger partial charge in [-0.15, -0.1) is 5.10 Å². The molecule has 0 aromatic carbocycles. The van der Waals surface area contributed by atoms with Gasteiger partial charge in [0, 0.05) is 13.1 Å². The number of nitrogens with zero attached hydrogens (tertiary/aromatic N) is 3. The molecule has 0 saturated heterocycles. The molecule has 1 heterocycles. The first-order valence-corrected chi connectivity index (χ1v) is 8.42. The predicted molar refractivity (Wildman–Crippen MR) is 92.0 cm³/mol. The third kappa shape index (κ3) is 3.34. The van der Waals surface area contributed by atoms with E-state index in [1.54, 1.807) is 0 Å². The second-order valence-corrected chi connectivity index (χ2v) is 6.24. The maximum Gasteiger partial charge on any atom is 0.161 e. The van der Waals surface area contributed by atoms with E-state index in [2.05, 4.69) is 36.0 Å². The zero-order valence-corrected chi connectivity index (χ0v) is 14.2. The Hall–Kier alpha value is -1.23. The van der Waals surface area contributed by atoms with Crippen molar-refractivity contribution in [2.45, 2.75) is 64.8 Å². The lowest BCUT2D eigenvalue weighted by Crippen LogP contribution is -2.36. The van der Waals surface area contributed by atoms with Crippen molar-refractivity contribution in [3.8, 4) is 0 Å². The molecule has 2 N–H and O–H groups in total. The second kappa shape index (κ2) is 7.16. The number of thiocarbonyl (C=S) groups is 1. The highest BCUT2D eigenvalue weighted by atomic mass is 32.1. The van der Waals surface area contributed by atoms with Crippen molar-refractivity contribution in [1.29, 1.82) is 0 Å². The summed E-state index contributed by atoms with van der Waals surface area (Å²) in [5, 5.41) is 8.88. The highest BCUT2D eigenvalue weighted by Crippen LogP contribution is 2.29. The van der Waals surface area contributed by atoms with E-state index >= 15 is 0 Å². The Morgan fingerprint density at radius 3 is 2.38 bits per heavy atom. The SMILES string of the molecule is CCc1nnc(N(C)C2CCCCC2)c(C(N)=S)c1CC. The molecule has 0 spiro atoms. The quantitative estimate of drug-likeness (QED) is 0.848. The van der Waals surface area contributed by atoms with E-state index in [0.29, 0.717) is 11.0 Å². The van der Waals surface area contributed by atoms with Crippen LogP contribution in [0.4, 0.5) is 5.82 Å². The van der Waals surface area contributed by atoms with Gasteiger partial charge in [0.25, 0.3) is 0 Å². The number of hydrogen-bond acceptors (Lipinski definition) is 4. The number of anilines is 1. The van der Waals surface area contributed by atoms with Gasteiger partial charge in [0.2, 0.25) is 0 Å². The molecule has 2 rings (SSSR count). The summed E-state index contributed by atoms with van der Waals surface area (Å²) in [4.78, 5) is 2.69. The van der Waals surface area contributed by atoms with Crippen molar-refractivity contribution in [2.24, 2.45) is 5.73 Å². The highest BCUT2D eigenvalue weighted by molar-refractivity contribution is 7.80. The number of hydrogen-bond donors (Lipinski definition) is 1. The zero-order valence-electron chi connectivity index (χ0n) is 13.4. The molecule has 0 aliphatic heterocycles. The average molecular weight is 306 g/mol. The molecule has 116 valence electrons.